The predicted octanol–water partition coefficient (Wildman–Crippen LogP) is 0.786. The summed E-state index contributed by atoms with van der Waals surface area (Å²) in [4.78, 5) is 4.10. The predicted molar refractivity (Wildman–Crippen MR) is 72.0 cm³/mol. The SMILES string of the molecule is CC1(C)CC(NCc2nc(N)n[nH]2)CC(C)(C)N1. The molecule has 1 fully saturated rings. The zero-order valence-corrected chi connectivity index (χ0v) is 11.7. The first-order valence-electron chi connectivity index (χ1n) is 6.45. The Bertz CT molecular complexity index is 392. The van der Waals surface area contributed by atoms with E-state index in [0.717, 1.165) is 18.7 Å². The number of nitrogens with two attached hydrogens (primary N) is 1. The number of nitrogens with one attached hydrogen (secondary N) is 3. The average Bonchev–Trinajstić information content (AvgIpc) is 2.56. The molecule has 2 rings (SSSR count). The second-order valence-corrected chi connectivity index (χ2v) is 6.52. The van der Waals surface area contributed by atoms with Crippen LogP contribution in [0.3, 0.4) is 0 Å². The smallest absolute Gasteiger partial charge is 0.239 e. The summed E-state index contributed by atoms with van der Waals surface area (Å²) in [6.07, 6.45) is 2.19. The van der Waals surface area contributed by atoms with Crippen molar-refractivity contribution >= 4 is 5.95 Å². The van der Waals surface area contributed by atoms with Gasteiger partial charge in [-0.3, -0.25) is 5.10 Å². The Balaban J connectivity index is 1.93. The summed E-state index contributed by atoms with van der Waals surface area (Å²) in [5.41, 5.74) is 5.79. The molecule has 0 aromatic carbocycles. The third-order valence-corrected chi connectivity index (χ3v) is 3.30. The van der Waals surface area contributed by atoms with Gasteiger partial charge in [0.2, 0.25) is 5.95 Å². The largest absolute Gasteiger partial charge is 0.367 e. The summed E-state index contributed by atoms with van der Waals surface area (Å²) in [6.45, 7) is 9.66. The molecule has 1 aromatic rings. The minimum absolute atomic E-state index is 0.153. The van der Waals surface area contributed by atoms with Gasteiger partial charge in [-0.05, 0) is 40.5 Å². The van der Waals surface area contributed by atoms with Crippen molar-refractivity contribution in [2.24, 2.45) is 0 Å². The number of anilines is 1. The van der Waals surface area contributed by atoms with Crippen LogP contribution in [-0.2, 0) is 6.54 Å². The van der Waals surface area contributed by atoms with Crippen LogP contribution >= 0.6 is 0 Å². The summed E-state index contributed by atoms with van der Waals surface area (Å²) in [6, 6.07) is 0.475. The Morgan fingerprint density at radius 1 is 1.28 bits per heavy atom. The Morgan fingerprint density at radius 3 is 2.39 bits per heavy atom. The molecule has 1 aliphatic rings. The van der Waals surface area contributed by atoms with Gasteiger partial charge in [-0.25, -0.2) is 0 Å². The molecule has 1 aromatic heterocycles. The van der Waals surface area contributed by atoms with Crippen LogP contribution in [-0.4, -0.2) is 32.3 Å². The second kappa shape index (κ2) is 4.51. The summed E-state index contributed by atoms with van der Waals surface area (Å²) < 4.78 is 0. The minimum atomic E-state index is 0.153. The fraction of sp³-hybridized carbons (Fsp3) is 0.833. The van der Waals surface area contributed by atoms with Crippen LogP contribution in [0.2, 0.25) is 0 Å². The zero-order chi connectivity index (χ0) is 13.4. The molecule has 0 aliphatic carbocycles. The van der Waals surface area contributed by atoms with Gasteiger partial charge in [-0.2, -0.15) is 4.98 Å². The van der Waals surface area contributed by atoms with E-state index in [1.54, 1.807) is 0 Å². The van der Waals surface area contributed by atoms with E-state index in [0.29, 0.717) is 18.5 Å². The van der Waals surface area contributed by atoms with Gasteiger partial charge in [0.25, 0.3) is 0 Å². The molecule has 0 saturated carbocycles. The number of rotatable bonds is 3. The molecule has 2 heterocycles. The molecule has 0 bridgehead atoms. The van der Waals surface area contributed by atoms with Crippen molar-refractivity contribution < 1.29 is 0 Å². The number of aromatic amines is 1. The minimum Gasteiger partial charge on any atom is -0.367 e. The van der Waals surface area contributed by atoms with Crippen LogP contribution in [0.5, 0.6) is 0 Å². The van der Waals surface area contributed by atoms with E-state index in [1.165, 1.54) is 0 Å². The van der Waals surface area contributed by atoms with E-state index >= 15 is 0 Å². The van der Waals surface area contributed by atoms with Gasteiger partial charge in [0.1, 0.15) is 5.82 Å². The van der Waals surface area contributed by atoms with Crippen molar-refractivity contribution in [3.63, 3.8) is 0 Å². The van der Waals surface area contributed by atoms with Crippen LogP contribution in [0.25, 0.3) is 0 Å². The van der Waals surface area contributed by atoms with Crippen molar-refractivity contribution in [2.45, 2.75) is 64.2 Å². The average molecular weight is 252 g/mol. The Morgan fingerprint density at radius 2 is 1.89 bits per heavy atom. The van der Waals surface area contributed by atoms with Gasteiger partial charge in [-0.1, -0.05) is 0 Å². The van der Waals surface area contributed by atoms with E-state index in [2.05, 4.69) is 53.5 Å². The quantitative estimate of drug-likeness (QED) is 0.638. The number of nitrogen functional groups attached to an aromatic ring is 1. The molecule has 0 radical (unpaired) electrons. The van der Waals surface area contributed by atoms with Gasteiger partial charge in [-0.15, -0.1) is 5.10 Å². The molecule has 102 valence electrons. The summed E-state index contributed by atoms with van der Waals surface area (Å²) in [5, 5.41) is 13.9. The van der Waals surface area contributed by atoms with Gasteiger partial charge in [0, 0.05) is 17.1 Å². The van der Waals surface area contributed by atoms with Gasteiger partial charge in [0.15, 0.2) is 0 Å². The molecule has 6 heteroatoms. The second-order valence-electron chi connectivity index (χ2n) is 6.52. The lowest BCUT2D eigenvalue weighted by atomic mass is 9.79. The third-order valence-electron chi connectivity index (χ3n) is 3.30. The number of nitrogens with zero attached hydrogens (tertiary/aromatic N) is 2. The maximum Gasteiger partial charge on any atom is 0.239 e. The Hall–Kier alpha value is -1.14. The van der Waals surface area contributed by atoms with Gasteiger partial charge in [0.05, 0.1) is 6.54 Å². The number of piperidine rings is 1. The fourth-order valence-corrected chi connectivity index (χ4v) is 3.10. The number of hydrogen-bond acceptors (Lipinski definition) is 5. The highest BCUT2D eigenvalue weighted by Gasteiger charge is 2.37. The molecular formula is C12H24N6. The van der Waals surface area contributed by atoms with Crippen molar-refractivity contribution in [3.8, 4) is 0 Å². The summed E-state index contributed by atoms with van der Waals surface area (Å²) in [5.74, 6) is 1.10. The molecule has 1 aliphatic heterocycles. The molecule has 6 nitrogen and oxygen atoms in total. The van der Waals surface area contributed by atoms with Gasteiger partial charge >= 0.3 is 0 Å². The van der Waals surface area contributed by atoms with Crippen LogP contribution in [0, 0.1) is 0 Å². The lowest BCUT2D eigenvalue weighted by Gasteiger charge is -2.46. The topological polar surface area (TPSA) is 91.7 Å². The van der Waals surface area contributed by atoms with Gasteiger partial charge < -0.3 is 16.4 Å². The molecule has 0 spiro atoms. The first-order chi connectivity index (χ1) is 8.26. The molecule has 18 heavy (non-hydrogen) atoms. The lowest BCUT2D eigenvalue weighted by Crippen LogP contribution is -2.61. The maximum atomic E-state index is 5.48. The fourth-order valence-electron chi connectivity index (χ4n) is 3.10. The highest BCUT2D eigenvalue weighted by molar-refractivity contribution is 5.12. The lowest BCUT2D eigenvalue weighted by molar-refractivity contribution is 0.145. The molecule has 0 atom stereocenters. The zero-order valence-electron chi connectivity index (χ0n) is 11.7. The molecule has 5 N–H and O–H groups in total. The Kier molecular flexibility index (Phi) is 3.33. The van der Waals surface area contributed by atoms with E-state index in [1.807, 2.05) is 0 Å². The van der Waals surface area contributed by atoms with E-state index in [4.69, 9.17) is 5.73 Å². The summed E-state index contributed by atoms with van der Waals surface area (Å²) in [7, 11) is 0. The highest BCUT2D eigenvalue weighted by Crippen LogP contribution is 2.28. The molecule has 1 saturated heterocycles. The monoisotopic (exact) mass is 252 g/mol. The third kappa shape index (κ3) is 3.43. The standard InChI is InChI=1S/C12H24N6/c1-11(2)5-8(6-12(3,4)18-11)14-7-9-15-10(13)17-16-9/h8,14,18H,5-7H2,1-4H3,(H3,13,15,16,17). The van der Waals surface area contributed by atoms with Crippen molar-refractivity contribution in [3.05, 3.63) is 5.82 Å². The highest BCUT2D eigenvalue weighted by atomic mass is 15.3. The number of aromatic nitrogens is 3. The summed E-state index contributed by atoms with van der Waals surface area (Å²) >= 11 is 0. The maximum absolute atomic E-state index is 5.48. The van der Waals surface area contributed by atoms with Crippen LogP contribution < -0.4 is 16.4 Å². The molecular weight excluding hydrogens is 228 g/mol. The normalized spacial score (nSPS) is 23.1. The van der Waals surface area contributed by atoms with Crippen LogP contribution in [0.1, 0.15) is 46.4 Å². The van der Waals surface area contributed by atoms with E-state index in [-0.39, 0.29) is 11.1 Å². The number of hydrogen-bond donors (Lipinski definition) is 4. The van der Waals surface area contributed by atoms with E-state index < -0.39 is 0 Å². The van der Waals surface area contributed by atoms with Crippen molar-refractivity contribution in [1.29, 1.82) is 0 Å². The Labute approximate surface area is 108 Å². The molecule has 0 unspecified atom stereocenters. The van der Waals surface area contributed by atoms with Crippen molar-refractivity contribution in [1.82, 2.24) is 25.8 Å². The van der Waals surface area contributed by atoms with E-state index in [9.17, 15) is 0 Å². The first kappa shape index (κ1) is 13.3. The number of H-pyrrole nitrogens is 1. The van der Waals surface area contributed by atoms with Crippen LogP contribution in [0.15, 0.2) is 0 Å². The van der Waals surface area contributed by atoms with Crippen molar-refractivity contribution in [2.75, 3.05) is 5.73 Å². The molecule has 0 amide bonds. The first-order valence-corrected chi connectivity index (χ1v) is 6.45. The van der Waals surface area contributed by atoms with Crippen LogP contribution in [0.4, 0.5) is 5.95 Å².